The lowest BCUT2D eigenvalue weighted by Gasteiger charge is -2.43. The molecule has 2 aromatic heterocycles. The highest BCUT2D eigenvalue weighted by Crippen LogP contribution is 2.29. The number of aromatic nitrogens is 2. The molecule has 0 radical (unpaired) electrons. The minimum Gasteiger partial charge on any atom is -0.496 e. The van der Waals surface area contributed by atoms with Gasteiger partial charge in [-0.05, 0) is 44.2 Å². The monoisotopic (exact) mass is 394 g/mol. The third kappa shape index (κ3) is 3.91. The van der Waals surface area contributed by atoms with Gasteiger partial charge in [0.1, 0.15) is 17.2 Å². The van der Waals surface area contributed by atoms with Crippen LogP contribution in [0.5, 0.6) is 5.75 Å². The number of hydrogen-bond acceptors (Lipinski definition) is 5. The summed E-state index contributed by atoms with van der Waals surface area (Å²) in [6.45, 7) is 6.42. The van der Waals surface area contributed by atoms with Gasteiger partial charge in [0.15, 0.2) is 0 Å². The first-order valence-corrected chi connectivity index (χ1v) is 9.83. The fourth-order valence-corrected chi connectivity index (χ4v) is 3.88. The van der Waals surface area contributed by atoms with E-state index in [1.807, 2.05) is 41.3 Å². The molecule has 0 bridgehead atoms. The zero-order valence-corrected chi connectivity index (χ0v) is 17.0. The smallest absolute Gasteiger partial charge is 0.272 e. The largest absolute Gasteiger partial charge is 0.496 e. The van der Waals surface area contributed by atoms with Crippen LogP contribution in [0.2, 0.25) is 0 Å². The van der Waals surface area contributed by atoms with Crippen LogP contribution in [0.1, 0.15) is 30.1 Å². The van der Waals surface area contributed by atoms with Gasteiger partial charge in [0.2, 0.25) is 0 Å². The molecule has 7 nitrogen and oxygen atoms in total. The second kappa shape index (κ2) is 8.13. The molecule has 2 atom stereocenters. The Bertz CT molecular complexity index is 966. The van der Waals surface area contributed by atoms with Crippen LogP contribution in [0.25, 0.3) is 11.3 Å². The van der Waals surface area contributed by atoms with Crippen LogP contribution in [0, 0.1) is 0 Å². The average Bonchev–Trinajstić information content (AvgIpc) is 3.42. The normalized spacial score (nSPS) is 20.0. The van der Waals surface area contributed by atoms with E-state index >= 15 is 0 Å². The molecule has 3 heterocycles. The number of hydrogen-bond donors (Lipinski definition) is 1. The van der Waals surface area contributed by atoms with E-state index in [2.05, 4.69) is 28.9 Å². The zero-order chi connectivity index (χ0) is 20.4. The molecule has 1 saturated heterocycles. The third-order valence-corrected chi connectivity index (χ3v) is 5.51. The highest BCUT2D eigenvalue weighted by Gasteiger charge is 2.33. The van der Waals surface area contributed by atoms with Gasteiger partial charge in [-0.1, -0.05) is 12.1 Å². The van der Waals surface area contributed by atoms with Crippen LogP contribution in [-0.4, -0.2) is 58.2 Å². The second-order valence-corrected chi connectivity index (χ2v) is 7.53. The van der Waals surface area contributed by atoms with Gasteiger partial charge in [0.05, 0.1) is 25.6 Å². The Morgan fingerprint density at radius 2 is 2.03 bits per heavy atom. The van der Waals surface area contributed by atoms with Crippen molar-refractivity contribution in [3.63, 3.8) is 0 Å². The lowest BCUT2D eigenvalue weighted by molar-refractivity contribution is 0.0265. The summed E-state index contributed by atoms with van der Waals surface area (Å²) in [5.41, 5.74) is 2.04. The van der Waals surface area contributed by atoms with Gasteiger partial charge in [-0.3, -0.25) is 14.8 Å². The van der Waals surface area contributed by atoms with Crippen molar-refractivity contribution in [2.24, 2.45) is 0 Å². The van der Waals surface area contributed by atoms with Gasteiger partial charge in [-0.2, -0.15) is 5.10 Å². The van der Waals surface area contributed by atoms with E-state index in [0.29, 0.717) is 17.9 Å². The number of aromatic amines is 1. The van der Waals surface area contributed by atoms with Crippen molar-refractivity contribution in [2.75, 3.05) is 20.2 Å². The second-order valence-electron chi connectivity index (χ2n) is 7.53. The molecule has 7 heteroatoms. The number of H-pyrrole nitrogens is 1. The summed E-state index contributed by atoms with van der Waals surface area (Å²) in [7, 11) is 1.63. The van der Waals surface area contributed by atoms with Crippen LogP contribution in [0.4, 0.5) is 0 Å². The van der Waals surface area contributed by atoms with Gasteiger partial charge in [-0.25, -0.2) is 0 Å². The summed E-state index contributed by atoms with van der Waals surface area (Å²) >= 11 is 0. The molecule has 0 aliphatic carbocycles. The molecule has 1 aliphatic heterocycles. The third-order valence-electron chi connectivity index (χ3n) is 5.51. The first kappa shape index (κ1) is 19.3. The van der Waals surface area contributed by atoms with E-state index in [-0.39, 0.29) is 18.0 Å². The van der Waals surface area contributed by atoms with Crippen molar-refractivity contribution >= 4 is 5.91 Å². The number of methoxy groups -OCH3 is 1. The Labute approximate surface area is 170 Å². The van der Waals surface area contributed by atoms with Crippen LogP contribution in [0.15, 0.2) is 53.1 Å². The lowest BCUT2D eigenvalue weighted by atomic mass is 10.1. The standard InChI is InChI=1S/C22H26N4O3/c1-15-13-26(16(2)12-25(15)14-17-7-6-10-29-17)22(27)20-11-19(23-24-20)18-8-4-5-9-21(18)28-3/h4-11,15-16H,12-14H2,1-3H3,(H,23,24)/t15-,16-/m0/s1. The minimum atomic E-state index is -0.0318. The zero-order valence-electron chi connectivity index (χ0n) is 17.0. The topological polar surface area (TPSA) is 74.6 Å². The number of para-hydroxylation sites is 1. The summed E-state index contributed by atoms with van der Waals surface area (Å²) in [6.07, 6.45) is 1.70. The van der Waals surface area contributed by atoms with Crippen LogP contribution in [0.3, 0.4) is 0 Å². The summed E-state index contributed by atoms with van der Waals surface area (Å²) in [4.78, 5) is 17.4. The van der Waals surface area contributed by atoms with Crippen molar-refractivity contribution in [3.8, 4) is 17.0 Å². The lowest BCUT2D eigenvalue weighted by Crippen LogP contribution is -2.57. The molecule has 4 rings (SSSR count). The first-order valence-electron chi connectivity index (χ1n) is 9.83. The Morgan fingerprint density at radius 3 is 2.79 bits per heavy atom. The van der Waals surface area contributed by atoms with Crippen molar-refractivity contribution in [2.45, 2.75) is 32.5 Å². The summed E-state index contributed by atoms with van der Waals surface area (Å²) in [5, 5.41) is 7.25. The number of ether oxygens (including phenoxy) is 1. The number of benzene rings is 1. The number of carbonyl (C=O) groups is 1. The molecular formula is C22H26N4O3. The molecule has 1 aromatic carbocycles. The Morgan fingerprint density at radius 1 is 1.21 bits per heavy atom. The van der Waals surface area contributed by atoms with Crippen LogP contribution < -0.4 is 4.74 Å². The molecule has 0 saturated carbocycles. The fourth-order valence-electron chi connectivity index (χ4n) is 3.88. The number of rotatable bonds is 5. The Balaban J connectivity index is 1.48. The molecule has 1 N–H and O–H groups in total. The summed E-state index contributed by atoms with van der Waals surface area (Å²) in [6, 6.07) is 13.7. The number of nitrogens with zero attached hydrogens (tertiary/aromatic N) is 3. The highest BCUT2D eigenvalue weighted by atomic mass is 16.5. The van der Waals surface area contributed by atoms with E-state index in [1.54, 1.807) is 19.4 Å². The number of furan rings is 1. The number of carbonyl (C=O) groups excluding carboxylic acids is 1. The maximum absolute atomic E-state index is 13.2. The SMILES string of the molecule is COc1ccccc1-c1cc(C(=O)N2C[C@H](C)N(Cc3ccco3)C[C@@H]2C)[nH]n1. The fraction of sp³-hybridized carbons (Fsp3) is 0.364. The predicted molar refractivity (Wildman–Crippen MR) is 110 cm³/mol. The van der Waals surface area contributed by atoms with E-state index in [1.165, 1.54) is 0 Å². The maximum atomic E-state index is 13.2. The highest BCUT2D eigenvalue weighted by molar-refractivity contribution is 5.94. The molecule has 152 valence electrons. The predicted octanol–water partition coefficient (Wildman–Crippen LogP) is 3.41. The summed E-state index contributed by atoms with van der Waals surface area (Å²) < 4.78 is 10.9. The van der Waals surface area contributed by atoms with Crippen molar-refractivity contribution in [1.29, 1.82) is 0 Å². The molecule has 0 spiro atoms. The number of amides is 1. The van der Waals surface area contributed by atoms with Gasteiger partial charge < -0.3 is 14.1 Å². The minimum absolute atomic E-state index is 0.0318. The molecule has 1 fully saturated rings. The quantitative estimate of drug-likeness (QED) is 0.718. The van der Waals surface area contributed by atoms with E-state index < -0.39 is 0 Å². The number of piperazine rings is 1. The van der Waals surface area contributed by atoms with Gasteiger partial charge in [0, 0.05) is 30.7 Å². The Kier molecular flexibility index (Phi) is 5.40. The summed E-state index contributed by atoms with van der Waals surface area (Å²) in [5.74, 6) is 1.64. The molecular weight excluding hydrogens is 368 g/mol. The van der Waals surface area contributed by atoms with E-state index in [9.17, 15) is 4.79 Å². The van der Waals surface area contributed by atoms with Crippen LogP contribution >= 0.6 is 0 Å². The van der Waals surface area contributed by atoms with E-state index in [4.69, 9.17) is 9.15 Å². The molecule has 0 unspecified atom stereocenters. The Hall–Kier alpha value is -3.06. The molecule has 29 heavy (non-hydrogen) atoms. The van der Waals surface area contributed by atoms with Crippen LogP contribution in [-0.2, 0) is 6.54 Å². The van der Waals surface area contributed by atoms with Gasteiger partial charge in [-0.15, -0.1) is 0 Å². The first-order chi connectivity index (χ1) is 14.1. The molecule has 1 amide bonds. The average molecular weight is 394 g/mol. The van der Waals surface area contributed by atoms with Gasteiger partial charge >= 0.3 is 0 Å². The maximum Gasteiger partial charge on any atom is 0.272 e. The molecule has 3 aromatic rings. The van der Waals surface area contributed by atoms with Crippen molar-refractivity contribution in [1.82, 2.24) is 20.0 Å². The number of nitrogens with one attached hydrogen (secondary N) is 1. The van der Waals surface area contributed by atoms with E-state index in [0.717, 1.165) is 30.2 Å². The van der Waals surface area contributed by atoms with Gasteiger partial charge in [0.25, 0.3) is 5.91 Å². The van der Waals surface area contributed by atoms with Crippen molar-refractivity contribution in [3.05, 3.63) is 60.2 Å². The van der Waals surface area contributed by atoms with Crippen molar-refractivity contribution < 1.29 is 13.9 Å². The molecule has 1 aliphatic rings.